The first-order valence-corrected chi connectivity index (χ1v) is 6.91. The minimum absolute atomic E-state index is 0.0573. The van der Waals surface area contributed by atoms with Crippen molar-refractivity contribution in [3.63, 3.8) is 0 Å². The fourth-order valence-electron chi connectivity index (χ4n) is 0.588. The minimum Gasteiger partial charge on any atom is -0.356 e. The molecule has 6 heteroatoms. The van der Waals surface area contributed by atoms with Gasteiger partial charge in [0.2, 0.25) is 15.9 Å². The molecule has 0 rings (SSSR count). The fourth-order valence-corrected chi connectivity index (χ4v) is 1.16. The van der Waals surface area contributed by atoms with E-state index in [1.165, 1.54) is 6.92 Å². The van der Waals surface area contributed by atoms with E-state index in [2.05, 4.69) is 10.0 Å². The quantitative estimate of drug-likeness (QED) is 0.731. The predicted molar refractivity (Wildman–Crippen MR) is 62.1 cm³/mol. The van der Waals surface area contributed by atoms with Crippen LogP contribution in [0.1, 0.15) is 33.6 Å². The Morgan fingerprint density at radius 1 is 1.13 bits per heavy atom. The number of hydrogen-bond acceptors (Lipinski definition) is 3. The Labute approximate surface area is 92.7 Å². The van der Waals surface area contributed by atoms with Crippen molar-refractivity contribution in [1.82, 2.24) is 10.0 Å². The maximum Gasteiger partial charge on any atom is 0.216 e. The summed E-state index contributed by atoms with van der Waals surface area (Å²) in [6, 6.07) is 0. The van der Waals surface area contributed by atoms with Gasteiger partial charge in [-0.3, -0.25) is 4.79 Å². The van der Waals surface area contributed by atoms with E-state index >= 15 is 0 Å². The van der Waals surface area contributed by atoms with Gasteiger partial charge in [0.15, 0.2) is 0 Å². The van der Waals surface area contributed by atoms with E-state index in [0.717, 1.165) is 25.6 Å². The molecular weight excluding hydrogens is 216 g/mol. The lowest BCUT2D eigenvalue weighted by atomic mass is 10.5. The van der Waals surface area contributed by atoms with E-state index in [0.29, 0.717) is 6.54 Å². The van der Waals surface area contributed by atoms with Crippen LogP contribution in [-0.4, -0.2) is 33.7 Å². The van der Waals surface area contributed by atoms with Crippen LogP contribution < -0.4 is 10.0 Å². The molecule has 0 spiro atoms. The van der Waals surface area contributed by atoms with Crippen molar-refractivity contribution in [3.8, 4) is 0 Å². The van der Waals surface area contributed by atoms with E-state index in [1.54, 1.807) is 0 Å². The third kappa shape index (κ3) is 24.7. The highest BCUT2D eigenvalue weighted by Crippen LogP contribution is 1.74. The lowest BCUT2D eigenvalue weighted by molar-refractivity contribution is -0.118. The number of nitrogens with one attached hydrogen (secondary N) is 2. The van der Waals surface area contributed by atoms with Gasteiger partial charge in [-0.2, -0.15) is 0 Å². The van der Waals surface area contributed by atoms with Crippen LogP contribution in [0.15, 0.2) is 0 Å². The van der Waals surface area contributed by atoms with Crippen molar-refractivity contribution in [2.45, 2.75) is 33.6 Å². The molecule has 0 saturated carbocycles. The van der Waals surface area contributed by atoms with Crippen molar-refractivity contribution in [2.24, 2.45) is 0 Å². The van der Waals surface area contributed by atoms with Crippen LogP contribution in [0.5, 0.6) is 0 Å². The van der Waals surface area contributed by atoms with E-state index in [9.17, 15) is 13.2 Å². The van der Waals surface area contributed by atoms with Gasteiger partial charge < -0.3 is 5.32 Å². The van der Waals surface area contributed by atoms with Crippen molar-refractivity contribution >= 4 is 15.9 Å². The molecule has 0 aliphatic carbocycles. The van der Waals surface area contributed by atoms with Crippen molar-refractivity contribution in [3.05, 3.63) is 0 Å². The second kappa shape index (κ2) is 9.92. The number of rotatable bonds is 5. The Morgan fingerprint density at radius 2 is 1.60 bits per heavy atom. The van der Waals surface area contributed by atoms with Gasteiger partial charge in [-0.25, -0.2) is 13.1 Å². The molecule has 2 N–H and O–H groups in total. The van der Waals surface area contributed by atoms with Gasteiger partial charge in [0.25, 0.3) is 0 Å². The average Bonchev–Trinajstić information content (AvgIpc) is 2.11. The highest BCUT2D eigenvalue weighted by Gasteiger charge is 1.94. The molecule has 0 saturated heterocycles. The molecule has 0 bridgehead atoms. The van der Waals surface area contributed by atoms with Crippen LogP contribution >= 0.6 is 0 Å². The second-order valence-electron chi connectivity index (χ2n) is 3.15. The predicted octanol–water partition coefficient (Wildman–Crippen LogP) is 0.478. The van der Waals surface area contributed by atoms with Crippen LogP contribution in [-0.2, 0) is 14.8 Å². The van der Waals surface area contributed by atoms with Crippen molar-refractivity contribution < 1.29 is 13.2 Å². The molecule has 0 aliphatic rings. The molecule has 0 aromatic rings. The summed E-state index contributed by atoms with van der Waals surface area (Å²) < 4.78 is 22.9. The zero-order chi connectivity index (χ0) is 12.3. The summed E-state index contributed by atoms with van der Waals surface area (Å²) in [5.41, 5.74) is 0. The lowest BCUT2D eigenvalue weighted by Gasteiger charge is -1.95. The highest BCUT2D eigenvalue weighted by atomic mass is 32.2. The molecule has 0 heterocycles. The number of hydrogen-bond donors (Lipinski definition) is 2. The first kappa shape index (κ1) is 16.8. The molecule has 15 heavy (non-hydrogen) atoms. The third-order valence-corrected chi connectivity index (χ3v) is 1.97. The SMILES string of the molecule is CCCNC(C)=O.CCCNS(C)(=O)=O. The van der Waals surface area contributed by atoms with Crippen LogP contribution in [0.3, 0.4) is 0 Å². The minimum atomic E-state index is -2.94. The van der Waals surface area contributed by atoms with Gasteiger partial charge >= 0.3 is 0 Å². The molecule has 0 aromatic carbocycles. The van der Waals surface area contributed by atoms with Gasteiger partial charge in [-0.15, -0.1) is 0 Å². The molecule has 0 radical (unpaired) electrons. The maximum atomic E-state index is 10.3. The molecule has 92 valence electrons. The topological polar surface area (TPSA) is 75.3 Å². The highest BCUT2D eigenvalue weighted by molar-refractivity contribution is 7.88. The average molecular weight is 238 g/mol. The molecule has 0 atom stereocenters. The number of carbonyl (C=O) groups excluding carboxylic acids is 1. The Bertz CT molecular complexity index is 250. The Hall–Kier alpha value is -0.620. The largest absolute Gasteiger partial charge is 0.356 e. The molecule has 0 unspecified atom stereocenters. The van der Waals surface area contributed by atoms with E-state index in [4.69, 9.17) is 0 Å². The summed E-state index contributed by atoms with van der Waals surface area (Å²) in [4.78, 5) is 10.1. The summed E-state index contributed by atoms with van der Waals surface area (Å²) in [7, 11) is -2.94. The van der Waals surface area contributed by atoms with Crippen LogP contribution in [0, 0.1) is 0 Å². The van der Waals surface area contributed by atoms with E-state index in [1.807, 2.05) is 13.8 Å². The summed E-state index contributed by atoms with van der Waals surface area (Å²) in [6.07, 6.45) is 3.01. The van der Waals surface area contributed by atoms with Gasteiger partial charge in [-0.1, -0.05) is 13.8 Å². The van der Waals surface area contributed by atoms with Crippen molar-refractivity contribution in [2.75, 3.05) is 19.3 Å². The van der Waals surface area contributed by atoms with Gasteiger partial charge in [0.1, 0.15) is 0 Å². The zero-order valence-corrected chi connectivity index (χ0v) is 10.8. The lowest BCUT2D eigenvalue weighted by Crippen LogP contribution is -2.22. The molecule has 0 aliphatic heterocycles. The maximum absolute atomic E-state index is 10.3. The summed E-state index contributed by atoms with van der Waals surface area (Å²) >= 11 is 0. The van der Waals surface area contributed by atoms with Crippen LogP contribution in [0.2, 0.25) is 0 Å². The van der Waals surface area contributed by atoms with Gasteiger partial charge in [-0.05, 0) is 12.8 Å². The summed E-state index contributed by atoms with van der Waals surface area (Å²) in [5.74, 6) is 0.0573. The number of sulfonamides is 1. The van der Waals surface area contributed by atoms with E-state index < -0.39 is 10.0 Å². The first-order chi connectivity index (χ1) is 6.83. The van der Waals surface area contributed by atoms with Gasteiger partial charge in [0.05, 0.1) is 6.26 Å². The van der Waals surface area contributed by atoms with Crippen LogP contribution in [0.25, 0.3) is 0 Å². The zero-order valence-electron chi connectivity index (χ0n) is 9.96. The third-order valence-electron chi connectivity index (χ3n) is 1.24. The Morgan fingerprint density at radius 3 is 1.73 bits per heavy atom. The molecule has 0 fully saturated rings. The Balaban J connectivity index is 0. The fraction of sp³-hybridized carbons (Fsp3) is 0.889. The van der Waals surface area contributed by atoms with E-state index in [-0.39, 0.29) is 5.91 Å². The first-order valence-electron chi connectivity index (χ1n) is 5.02. The number of carbonyl (C=O) groups is 1. The number of amides is 1. The van der Waals surface area contributed by atoms with Crippen LogP contribution in [0.4, 0.5) is 0 Å². The van der Waals surface area contributed by atoms with Gasteiger partial charge in [0, 0.05) is 20.0 Å². The second-order valence-corrected chi connectivity index (χ2v) is 4.98. The monoisotopic (exact) mass is 238 g/mol. The smallest absolute Gasteiger partial charge is 0.216 e. The molecule has 5 nitrogen and oxygen atoms in total. The molecule has 0 aromatic heterocycles. The summed E-state index contributed by atoms with van der Waals surface area (Å²) in [5, 5.41) is 2.66. The van der Waals surface area contributed by atoms with Crippen molar-refractivity contribution in [1.29, 1.82) is 0 Å². The standard InChI is InChI=1S/C5H11NO.C4H11NO2S/c1-3-4-6-5(2)7;1-3-4-5-8(2,6)7/h3-4H2,1-2H3,(H,6,7);5H,3-4H2,1-2H3. The molecular formula is C9H22N2O3S. The summed E-state index contributed by atoms with van der Waals surface area (Å²) in [6.45, 7) is 6.80. The normalized spacial score (nSPS) is 10.1. The Kier molecular flexibility index (Phi) is 11.1. The molecule has 1 amide bonds.